The molecular formula is C16H17ClF3NO3. The second-order valence-electron chi connectivity index (χ2n) is 5.51. The van der Waals surface area contributed by atoms with Gasteiger partial charge >= 0.3 is 12.1 Å². The Morgan fingerprint density at radius 2 is 1.83 bits per heavy atom. The number of likely N-dealkylation sites (tertiary alicyclic amines) is 1. The van der Waals surface area contributed by atoms with Crippen LogP contribution in [0.15, 0.2) is 30.3 Å². The molecule has 1 heterocycles. The Bertz CT molecular complexity index is 641. The normalized spacial score (nSPS) is 18.2. The molecule has 1 unspecified atom stereocenters. The molecule has 0 aromatic heterocycles. The summed E-state index contributed by atoms with van der Waals surface area (Å²) in [7, 11) is 0. The molecule has 8 heteroatoms. The van der Waals surface area contributed by atoms with E-state index < -0.39 is 23.6 Å². The lowest BCUT2D eigenvalue weighted by Gasteiger charge is -2.14. The molecule has 1 aliphatic rings. The second-order valence-corrected chi connectivity index (χ2v) is 5.51. The van der Waals surface area contributed by atoms with Gasteiger partial charge in [0.15, 0.2) is 0 Å². The number of halogens is 4. The molecule has 0 bridgehead atoms. The van der Waals surface area contributed by atoms with Crippen molar-refractivity contribution in [1.29, 1.82) is 0 Å². The van der Waals surface area contributed by atoms with Crippen LogP contribution in [0.2, 0.25) is 0 Å². The lowest BCUT2D eigenvalue weighted by atomic mass is 10.0. The standard InChI is InChI=1S/C16H16F3NO3.ClH/c1-10(11-2-4-13(5-3-11)16(17,18)19)8-14(21)20-7-6-12(9-20)15(22)23;/h2-5,8,12H,6-7,9H2,1H3,(H,22,23);1H. The van der Waals surface area contributed by atoms with Crippen LogP contribution >= 0.6 is 12.4 Å². The van der Waals surface area contributed by atoms with Gasteiger partial charge in [-0.15, -0.1) is 12.4 Å². The van der Waals surface area contributed by atoms with Gasteiger partial charge in [-0.25, -0.2) is 0 Å². The number of carbonyl (C=O) groups is 2. The molecule has 0 saturated carbocycles. The van der Waals surface area contributed by atoms with Crippen molar-refractivity contribution >= 4 is 29.9 Å². The Morgan fingerprint density at radius 1 is 1.25 bits per heavy atom. The first-order chi connectivity index (χ1) is 10.7. The van der Waals surface area contributed by atoms with Gasteiger partial charge in [-0.3, -0.25) is 9.59 Å². The highest BCUT2D eigenvalue weighted by molar-refractivity contribution is 5.95. The molecule has 1 aliphatic heterocycles. The highest BCUT2D eigenvalue weighted by atomic mass is 35.5. The molecule has 1 amide bonds. The number of allylic oxidation sites excluding steroid dienone is 1. The summed E-state index contributed by atoms with van der Waals surface area (Å²) in [4.78, 5) is 24.4. The van der Waals surface area contributed by atoms with Gasteiger partial charge < -0.3 is 10.0 Å². The number of alkyl halides is 3. The lowest BCUT2D eigenvalue weighted by Crippen LogP contribution is -2.28. The Balaban J connectivity index is 0.00000288. The number of benzene rings is 1. The zero-order valence-electron chi connectivity index (χ0n) is 12.8. The van der Waals surface area contributed by atoms with E-state index in [0.29, 0.717) is 24.1 Å². The number of rotatable bonds is 3. The van der Waals surface area contributed by atoms with Crippen LogP contribution in [-0.2, 0) is 15.8 Å². The minimum atomic E-state index is -4.40. The maximum absolute atomic E-state index is 12.5. The van der Waals surface area contributed by atoms with E-state index in [-0.39, 0.29) is 24.9 Å². The number of aliphatic carboxylic acids is 1. The number of amides is 1. The van der Waals surface area contributed by atoms with Crippen molar-refractivity contribution < 1.29 is 27.9 Å². The lowest BCUT2D eigenvalue weighted by molar-refractivity contribution is -0.141. The van der Waals surface area contributed by atoms with Crippen LogP contribution < -0.4 is 0 Å². The first-order valence-corrected chi connectivity index (χ1v) is 7.06. The van der Waals surface area contributed by atoms with Crippen molar-refractivity contribution in [3.8, 4) is 0 Å². The van der Waals surface area contributed by atoms with Gasteiger partial charge in [0.05, 0.1) is 11.5 Å². The molecule has 1 atom stereocenters. The largest absolute Gasteiger partial charge is 0.481 e. The van der Waals surface area contributed by atoms with Crippen LogP contribution in [0.5, 0.6) is 0 Å². The Kier molecular flexibility index (Phi) is 6.42. The van der Waals surface area contributed by atoms with E-state index >= 15 is 0 Å². The predicted molar refractivity (Wildman–Crippen MR) is 84.7 cm³/mol. The fraction of sp³-hybridized carbons (Fsp3) is 0.375. The van der Waals surface area contributed by atoms with Gasteiger partial charge in [0.2, 0.25) is 5.91 Å². The molecule has 1 N–H and O–H groups in total. The van der Waals surface area contributed by atoms with Gasteiger partial charge in [0.1, 0.15) is 0 Å². The summed E-state index contributed by atoms with van der Waals surface area (Å²) in [5.41, 5.74) is 0.298. The summed E-state index contributed by atoms with van der Waals surface area (Å²) in [5, 5.41) is 8.92. The fourth-order valence-electron chi connectivity index (χ4n) is 2.44. The maximum Gasteiger partial charge on any atom is 0.416 e. The van der Waals surface area contributed by atoms with E-state index in [4.69, 9.17) is 5.11 Å². The molecule has 1 aromatic carbocycles. The van der Waals surface area contributed by atoms with Crippen molar-refractivity contribution in [2.45, 2.75) is 19.5 Å². The minimum Gasteiger partial charge on any atom is -0.481 e. The monoisotopic (exact) mass is 363 g/mol. The van der Waals surface area contributed by atoms with E-state index in [2.05, 4.69) is 0 Å². The maximum atomic E-state index is 12.5. The van der Waals surface area contributed by atoms with Crippen LogP contribution in [0.4, 0.5) is 13.2 Å². The first-order valence-electron chi connectivity index (χ1n) is 7.06. The molecule has 0 radical (unpaired) electrons. The molecule has 2 rings (SSSR count). The molecule has 132 valence electrons. The zero-order valence-corrected chi connectivity index (χ0v) is 13.7. The van der Waals surface area contributed by atoms with E-state index in [1.165, 1.54) is 23.1 Å². The Hall–Kier alpha value is -2.02. The summed E-state index contributed by atoms with van der Waals surface area (Å²) in [5.74, 6) is -1.81. The van der Waals surface area contributed by atoms with E-state index in [1.54, 1.807) is 6.92 Å². The molecule has 1 aromatic rings. The van der Waals surface area contributed by atoms with Gasteiger partial charge in [0.25, 0.3) is 0 Å². The molecule has 1 saturated heterocycles. The summed E-state index contributed by atoms with van der Waals surface area (Å²) in [6.07, 6.45) is -2.66. The van der Waals surface area contributed by atoms with E-state index in [9.17, 15) is 22.8 Å². The number of hydrogen-bond acceptors (Lipinski definition) is 2. The van der Waals surface area contributed by atoms with Crippen molar-refractivity contribution in [3.05, 3.63) is 41.5 Å². The number of carbonyl (C=O) groups excluding carboxylic acids is 1. The van der Waals surface area contributed by atoms with Crippen molar-refractivity contribution in [2.24, 2.45) is 5.92 Å². The van der Waals surface area contributed by atoms with Crippen LogP contribution in [0.25, 0.3) is 5.57 Å². The van der Waals surface area contributed by atoms with Crippen molar-refractivity contribution in [2.75, 3.05) is 13.1 Å². The van der Waals surface area contributed by atoms with Crippen molar-refractivity contribution in [1.82, 2.24) is 4.90 Å². The fourth-order valence-corrected chi connectivity index (χ4v) is 2.44. The first kappa shape index (κ1) is 20.0. The summed E-state index contributed by atoms with van der Waals surface area (Å²) in [6, 6.07) is 4.55. The second kappa shape index (κ2) is 7.70. The third kappa shape index (κ3) is 4.74. The molecular weight excluding hydrogens is 347 g/mol. The number of carboxylic acids is 1. The molecule has 4 nitrogen and oxygen atoms in total. The quantitative estimate of drug-likeness (QED) is 0.837. The average Bonchev–Trinajstić information content (AvgIpc) is 2.96. The predicted octanol–water partition coefficient (Wildman–Crippen LogP) is 3.46. The number of carboxylic acid groups (broad SMARTS) is 1. The smallest absolute Gasteiger partial charge is 0.416 e. The highest BCUT2D eigenvalue weighted by Gasteiger charge is 2.31. The zero-order chi connectivity index (χ0) is 17.2. The summed E-state index contributed by atoms with van der Waals surface area (Å²) < 4.78 is 37.5. The molecule has 1 fully saturated rings. The van der Waals surface area contributed by atoms with Crippen LogP contribution in [-0.4, -0.2) is 35.0 Å². The van der Waals surface area contributed by atoms with Crippen molar-refractivity contribution in [3.63, 3.8) is 0 Å². The molecule has 0 aliphatic carbocycles. The van der Waals surface area contributed by atoms with E-state index in [1.807, 2.05) is 0 Å². The van der Waals surface area contributed by atoms with Crippen LogP contribution in [0.1, 0.15) is 24.5 Å². The molecule has 24 heavy (non-hydrogen) atoms. The van der Waals surface area contributed by atoms with Gasteiger partial charge in [-0.2, -0.15) is 13.2 Å². The van der Waals surface area contributed by atoms with Gasteiger partial charge in [-0.05, 0) is 36.6 Å². The Labute approximate surface area is 143 Å². The van der Waals surface area contributed by atoms with Gasteiger partial charge in [-0.1, -0.05) is 12.1 Å². The third-order valence-corrected chi connectivity index (χ3v) is 3.86. The topological polar surface area (TPSA) is 57.6 Å². The SMILES string of the molecule is CC(=CC(=O)N1CCC(C(=O)O)C1)c1ccc(C(F)(F)F)cc1.Cl. The van der Waals surface area contributed by atoms with E-state index in [0.717, 1.165) is 12.1 Å². The van der Waals surface area contributed by atoms with Crippen LogP contribution in [0, 0.1) is 5.92 Å². The highest BCUT2D eigenvalue weighted by Crippen LogP contribution is 2.30. The minimum absolute atomic E-state index is 0. The third-order valence-electron chi connectivity index (χ3n) is 3.86. The Morgan fingerprint density at radius 3 is 2.29 bits per heavy atom. The number of nitrogens with zero attached hydrogens (tertiary/aromatic N) is 1. The summed E-state index contributed by atoms with van der Waals surface area (Å²) in [6.45, 7) is 2.16. The summed E-state index contributed by atoms with van der Waals surface area (Å²) >= 11 is 0. The van der Waals surface area contributed by atoms with Crippen LogP contribution in [0.3, 0.4) is 0 Å². The molecule has 0 spiro atoms. The number of hydrogen-bond donors (Lipinski definition) is 1. The average molecular weight is 364 g/mol. The van der Waals surface area contributed by atoms with Gasteiger partial charge in [0, 0.05) is 19.2 Å².